The number of hydrogen-bond donors (Lipinski definition) is 1. The maximum absolute atomic E-state index is 13.8. The third-order valence-electron chi connectivity index (χ3n) is 6.47. The monoisotopic (exact) mass is 451 g/mol. The second kappa shape index (κ2) is 8.94. The van der Waals surface area contributed by atoms with Crippen molar-refractivity contribution in [2.45, 2.75) is 32.8 Å². The lowest BCUT2D eigenvalue weighted by molar-refractivity contribution is -0.149. The van der Waals surface area contributed by atoms with Gasteiger partial charge in [-0.2, -0.15) is 0 Å². The Balaban J connectivity index is 1.26. The summed E-state index contributed by atoms with van der Waals surface area (Å²) in [6, 6.07) is 8.12. The minimum absolute atomic E-state index is 0.00863. The summed E-state index contributed by atoms with van der Waals surface area (Å²) in [6.07, 6.45) is 2.44. The Hall–Kier alpha value is -3.26. The molecule has 3 aliphatic rings. The SMILES string of the molecule is CCOC(=O)C1CCN(CCc2ccc3c(n2)COC3=C2C(=O)Nc3ccc(F)cc32)CC1. The largest absolute Gasteiger partial charge is 0.486 e. The summed E-state index contributed by atoms with van der Waals surface area (Å²) in [6.45, 7) is 5.16. The van der Waals surface area contributed by atoms with Crippen LogP contribution < -0.4 is 5.32 Å². The van der Waals surface area contributed by atoms with Gasteiger partial charge >= 0.3 is 5.97 Å². The zero-order valence-corrected chi connectivity index (χ0v) is 18.5. The molecule has 0 aliphatic carbocycles. The molecular formula is C25H26FN3O4. The van der Waals surface area contributed by atoms with Gasteiger partial charge in [-0.05, 0) is 63.2 Å². The highest BCUT2D eigenvalue weighted by Crippen LogP contribution is 2.41. The van der Waals surface area contributed by atoms with Crippen LogP contribution in [0.15, 0.2) is 30.3 Å². The number of nitrogens with one attached hydrogen (secondary N) is 1. The van der Waals surface area contributed by atoms with E-state index < -0.39 is 5.82 Å². The summed E-state index contributed by atoms with van der Waals surface area (Å²) in [7, 11) is 0. The van der Waals surface area contributed by atoms with Crippen molar-refractivity contribution in [3.63, 3.8) is 0 Å². The molecule has 4 heterocycles. The van der Waals surface area contributed by atoms with Crippen molar-refractivity contribution in [2.24, 2.45) is 5.92 Å². The van der Waals surface area contributed by atoms with E-state index in [4.69, 9.17) is 14.5 Å². The van der Waals surface area contributed by atoms with Gasteiger partial charge in [0.15, 0.2) is 0 Å². The van der Waals surface area contributed by atoms with Gasteiger partial charge in [-0.3, -0.25) is 14.6 Å². The zero-order chi connectivity index (χ0) is 22.9. The van der Waals surface area contributed by atoms with E-state index in [0.29, 0.717) is 29.2 Å². The third kappa shape index (κ3) is 4.23. The lowest BCUT2D eigenvalue weighted by Gasteiger charge is -2.30. The number of ether oxygens (including phenoxy) is 2. The van der Waals surface area contributed by atoms with Crippen LogP contribution in [0, 0.1) is 11.7 Å². The average molecular weight is 451 g/mol. The predicted octanol–water partition coefficient (Wildman–Crippen LogP) is 3.39. The van der Waals surface area contributed by atoms with Crippen molar-refractivity contribution >= 4 is 28.9 Å². The first-order valence-corrected chi connectivity index (χ1v) is 11.4. The van der Waals surface area contributed by atoms with Gasteiger partial charge in [-0.15, -0.1) is 0 Å². The second-order valence-corrected chi connectivity index (χ2v) is 8.55. The van der Waals surface area contributed by atoms with E-state index in [-0.39, 0.29) is 24.4 Å². The Kier molecular flexibility index (Phi) is 5.85. The Morgan fingerprint density at radius 2 is 2.06 bits per heavy atom. The van der Waals surface area contributed by atoms with E-state index in [1.165, 1.54) is 12.1 Å². The quantitative estimate of drug-likeness (QED) is 0.555. The van der Waals surface area contributed by atoms with E-state index in [2.05, 4.69) is 10.2 Å². The Morgan fingerprint density at radius 3 is 2.85 bits per heavy atom. The topological polar surface area (TPSA) is 80.8 Å². The highest BCUT2D eigenvalue weighted by Gasteiger charge is 2.33. The van der Waals surface area contributed by atoms with Gasteiger partial charge < -0.3 is 19.7 Å². The number of likely N-dealkylation sites (tertiary alicyclic amines) is 1. The smallest absolute Gasteiger partial charge is 0.309 e. The molecule has 0 spiro atoms. The Labute approximate surface area is 191 Å². The van der Waals surface area contributed by atoms with Crippen molar-refractivity contribution in [1.29, 1.82) is 0 Å². The molecule has 8 heteroatoms. The third-order valence-corrected chi connectivity index (χ3v) is 6.47. The number of piperidine rings is 1. The zero-order valence-electron chi connectivity index (χ0n) is 18.5. The maximum Gasteiger partial charge on any atom is 0.309 e. The molecule has 0 saturated carbocycles. The molecule has 0 unspecified atom stereocenters. The molecule has 2 aromatic rings. The first-order chi connectivity index (χ1) is 16.0. The van der Waals surface area contributed by atoms with Crippen LogP contribution in [0.1, 0.15) is 42.3 Å². The van der Waals surface area contributed by atoms with Crippen LogP contribution in [0.3, 0.4) is 0 Å². The molecule has 5 rings (SSSR count). The number of halogens is 1. The number of carbonyl (C=O) groups is 2. The van der Waals surface area contributed by atoms with Crippen LogP contribution in [0.5, 0.6) is 0 Å². The fraction of sp³-hybridized carbons (Fsp3) is 0.400. The minimum atomic E-state index is -0.402. The molecule has 1 aromatic heterocycles. The molecule has 0 radical (unpaired) electrons. The van der Waals surface area contributed by atoms with Gasteiger partial charge in [-0.25, -0.2) is 4.39 Å². The predicted molar refractivity (Wildman–Crippen MR) is 120 cm³/mol. The fourth-order valence-electron chi connectivity index (χ4n) is 4.72. The minimum Gasteiger partial charge on any atom is -0.486 e. The summed E-state index contributed by atoms with van der Waals surface area (Å²) >= 11 is 0. The van der Waals surface area contributed by atoms with Crippen molar-refractivity contribution in [3.8, 4) is 0 Å². The molecule has 172 valence electrons. The first kappa shape index (κ1) is 21.6. The number of carbonyl (C=O) groups excluding carboxylic acids is 2. The number of rotatable bonds is 5. The van der Waals surface area contributed by atoms with E-state index in [9.17, 15) is 14.0 Å². The van der Waals surface area contributed by atoms with Gasteiger partial charge in [0.05, 0.1) is 23.8 Å². The van der Waals surface area contributed by atoms with Crippen molar-refractivity contribution < 1.29 is 23.5 Å². The van der Waals surface area contributed by atoms with E-state index in [1.807, 2.05) is 19.1 Å². The number of anilines is 1. The number of nitrogens with zero attached hydrogens (tertiary/aromatic N) is 2. The average Bonchev–Trinajstić information content (AvgIpc) is 3.37. The van der Waals surface area contributed by atoms with Crippen LogP contribution in [-0.4, -0.2) is 48.0 Å². The Bertz CT molecular complexity index is 1140. The number of fused-ring (bicyclic) bond motifs is 2. The molecule has 3 aliphatic heterocycles. The number of aromatic nitrogens is 1. The van der Waals surface area contributed by atoms with Crippen molar-refractivity contribution in [2.75, 3.05) is 31.6 Å². The molecular weight excluding hydrogens is 425 g/mol. The maximum atomic E-state index is 13.8. The van der Waals surface area contributed by atoms with Gasteiger partial charge in [0.2, 0.25) is 0 Å². The van der Waals surface area contributed by atoms with Crippen molar-refractivity contribution in [1.82, 2.24) is 9.88 Å². The van der Waals surface area contributed by atoms with Gasteiger partial charge in [0.1, 0.15) is 18.2 Å². The highest BCUT2D eigenvalue weighted by molar-refractivity contribution is 6.36. The number of esters is 1. The first-order valence-electron chi connectivity index (χ1n) is 11.4. The van der Waals surface area contributed by atoms with Crippen LogP contribution >= 0.6 is 0 Å². The molecule has 1 fully saturated rings. The standard InChI is InChI=1S/C25H26FN3O4/c1-2-32-25(31)15-7-10-29(11-8-15)12-9-17-4-5-18-21(27-17)14-33-23(18)22-19-13-16(26)3-6-20(19)28-24(22)30/h3-6,13,15H,2,7-12,14H2,1H3,(H,28,30). The summed E-state index contributed by atoms with van der Waals surface area (Å²) < 4.78 is 24.8. The van der Waals surface area contributed by atoms with E-state index in [1.54, 1.807) is 6.07 Å². The number of amides is 1. The number of hydrogen-bond acceptors (Lipinski definition) is 6. The summed E-state index contributed by atoms with van der Waals surface area (Å²) in [5.74, 6) is -0.319. The molecule has 1 aromatic carbocycles. The molecule has 1 N–H and O–H groups in total. The van der Waals surface area contributed by atoms with Crippen LogP contribution in [-0.2, 0) is 32.1 Å². The van der Waals surface area contributed by atoms with Gasteiger partial charge in [-0.1, -0.05) is 0 Å². The van der Waals surface area contributed by atoms with E-state index in [0.717, 1.165) is 55.8 Å². The molecule has 7 nitrogen and oxygen atoms in total. The fourth-order valence-corrected chi connectivity index (χ4v) is 4.72. The summed E-state index contributed by atoms with van der Waals surface area (Å²) in [5, 5.41) is 2.77. The molecule has 1 amide bonds. The van der Waals surface area contributed by atoms with Gasteiger partial charge in [0, 0.05) is 35.5 Å². The van der Waals surface area contributed by atoms with Crippen molar-refractivity contribution in [3.05, 3.63) is 58.7 Å². The lowest BCUT2D eigenvalue weighted by Crippen LogP contribution is -2.38. The van der Waals surface area contributed by atoms with E-state index >= 15 is 0 Å². The number of benzene rings is 1. The van der Waals surface area contributed by atoms with Crippen LogP contribution in [0.2, 0.25) is 0 Å². The summed E-state index contributed by atoms with van der Waals surface area (Å²) in [4.78, 5) is 31.6. The summed E-state index contributed by atoms with van der Waals surface area (Å²) in [5.41, 5.74) is 3.96. The molecule has 0 atom stereocenters. The molecule has 1 saturated heterocycles. The number of pyridine rings is 1. The molecule has 33 heavy (non-hydrogen) atoms. The van der Waals surface area contributed by atoms with Gasteiger partial charge in [0.25, 0.3) is 5.91 Å². The Morgan fingerprint density at radius 1 is 1.24 bits per heavy atom. The lowest BCUT2D eigenvalue weighted by atomic mass is 9.97. The highest BCUT2D eigenvalue weighted by atomic mass is 19.1. The normalized spacial score (nSPS) is 20.2. The van der Waals surface area contributed by atoms with Crippen LogP contribution in [0.25, 0.3) is 11.3 Å². The molecule has 0 bridgehead atoms. The van der Waals surface area contributed by atoms with Crippen LogP contribution in [0.4, 0.5) is 10.1 Å². The second-order valence-electron chi connectivity index (χ2n) is 8.55.